The molecule has 1 aromatic heterocycles. The van der Waals surface area contributed by atoms with E-state index in [1.165, 1.54) is 0 Å². The van der Waals surface area contributed by atoms with Crippen molar-refractivity contribution in [3.05, 3.63) is 108 Å². The van der Waals surface area contributed by atoms with Crippen LogP contribution in [0, 0.1) is 0 Å². The first-order valence-corrected chi connectivity index (χ1v) is 14.5. The number of aromatic nitrogens is 1. The van der Waals surface area contributed by atoms with Gasteiger partial charge in [-0.3, -0.25) is 9.69 Å². The summed E-state index contributed by atoms with van der Waals surface area (Å²) in [6, 6.07) is 29.6. The number of carbonyl (C=O) groups is 1. The molecule has 4 aromatic rings. The van der Waals surface area contributed by atoms with Gasteiger partial charge < -0.3 is 18.6 Å². The third-order valence-electron chi connectivity index (χ3n) is 8.57. The molecule has 1 fully saturated rings. The zero-order valence-corrected chi connectivity index (χ0v) is 24.3. The zero-order valence-electron chi connectivity index (χ0n) is 24.3. The van der Waals surface area contributed by atoms with Crippen molar-refractivity contribution < 1.29 is 18.8 Å². The highest BCUT2D eigenvalue weighted by Crippen LogP contribution is 2.38. The number of rotatable bonds is 7. The van der Waals surface area contributed by atoms with E-state index in [2.05, 4.69) is 32.3 Å². The fourth-order valence-corrected chi connectivity index (χ4v) is 5.56. The third-order valence-corrected chi connectivity index (χ3v) is 8.57. The molecule has 210 valence electrons. The average molecular weight is 548 g/mol. The summed E-state index contributed by atoms with van der Waals surface area (Å²) in [5, 5.41) is 0. The number of fused-ring (bicyclic) bond motifs is 1. The lowest BCUT2D eigenvalue weighted by molar-refractivity contribution is 0.00578. The Kier molecular flexibility index (Phi) is 7.26. The summed E-state index contributed by atoms with van der Waals surface area (Å²) in [5.74, 6) is 0.685. The Morgan fingerprint density at radius 1 is 0.854 bits per heavy atom. The molecule has 1 amide bonds. The van der Waals surface area contributed by atoms with Crippen LogP contribution in [0.1, 0.15) is 62.2 Å². The van der Waals surface area contributed by atoms with Crippen molar-refractivity contribution >= 4 is 30.0 Å². The largest absolute Gasteiger partial charge is 0.512 e. The monoisotopic (exact) mass is 548 g/mol. The van der Waals surface area contributed by atoms with E-state index in [0.717, 1.165) is 59.8 Å². The van der Waals surface area contributed by atoms with Crippen LogP contribution in [0.25, 0.3) is 0 Å². The van der Waals surface area contributed by atoms with Crippen molar-refractivity contribution in [2.75, 3.05) is 4.90 Å². The normalized spacial score (nSPS) is 17.2. The van der Waals surface area contributed by atoms with Gasteiger partial charge in [0, 0.05) is 29.2 Å². The molecule has 0 radical (unpaired) electrons. The van der Waals surface area contributed by atoms with Crippen molar-refractivity contribution in [1.29, 1.82) is 0 Å². The van der Waals surface area contributed by atoms with Gasteiger partial charge in [-0.25, -0.2) is 0 Å². The molecule has 1 saturated heterocycles. The van der Waals surface area contributed by atoms with Crippen molar-refractivity contribution in [3.63, 3.8) is 0 Å². The Hall–Kier alpha value is -3.81. The van der Waals surface area contributed by atoms with E-state index < -0.39 is 18.3 Å². The second-order valence-electron chi connectivity index (χ2n) is 11.9. The van der Waals surface area contributed by atoms with Gasteiger partial charge in [-0.2, -0.15) is 0 Å². The molecule has 3 heterocycles. The van der Waals surface area contributed by atoms with E-state index >= 15 is 0 Å². The standard InChI is InChI=1S/C34H37BN2O4/c1-33(2)34(3,4)41-35(40-33)31-23-29(30-17-11-12-22-36(30)31)32(38)37(26-15-9-6-10-16-26)27-18-20-28(21-19-27)39-24-25-13-7-5-8-14-25/h5-10,13-16,18-21,23H,11-12,17,22,24H2,1-4H3. The zero-order chi connectivity index (χ0) is 28.6. The summed E-state index contributed by atoms with van der Waals surface area (Å²) in [6.07, 6.45) is 2.95. The van der Waals surface area contributed by atoms with Crippen LogP contribution >= 0.6 is 0 Å². The van der Waals surface area contributed by atoms with Gasteiger partial charge >= 0.3 is 7.12 Å². The number of carbonyl (C=O) groups excluding carboxylic acids is 1. The molecular formula is C34H37BN2O4. The molecule has 3 aromatic carbocycles. The van der Waals surface area contributed by atoms with E-state index in [1.54, 1.807) is 4.90 Å². The number of hydrogen-bond acceptors (Lipinski definition) is 4. The highest BCUT2D eigenvalue weighted by molar-refractivity contribution is 6.61. The quantitative estimate of drug-likeness (QED) is 0.242. The van der Waals surface area contributed by atoms with Gasteiger partial charge in [0.25, 0.3) is 5.91 Å². The summed E-state index contributed by atoms with van der Waals surface area (Å²) < 4.78 is 21.1. The molecular weight excluding hydrogens is 511 g/mol. The van der Waals surface area contributed by atoms with Crippen molar-refractivity contribution in [2.24, 2.45) is 0 Å². The summed E-state index contributed by atoms with van der Waals surface area (Å²) in [6.45, 7) is 9.57. The second kappa shape index (κ2) is 10.9. The van der Waals surface area contributed by atoms with Gasteiger partial charge in [0.15, 0.2) is 0 Å². The van der Waals surface area contributed by atoms with Crippen LogP contribution in [-0.4, -0.2) is 28.8 Å². The Labute approximate surface area is 243 Å². The molecule has 6 nitrogen and oxygen atoms in total. The average Bonchev–Trinajstić information content (AvgIpc) is 3.47. The van der Waals surface area contributed by atoms with E-state index in [1.807, 2.05) is 91.0 Å². The predicted octanol–water partition coefficient (Wildman–Crippen LogP) is 6.68. The topological polar surface area (TPSA) is 52.9 Å². The maximum absolute atomic E-state index is 14.5. The van der Waals surface area contributed by atoms with Crippen LogP contribution in [0.5, 0.6) is 5.75 Å². The molecule has 6 rings (SSSR count). The predicted molar refractivity (Wildman–Crippen MR) is 163 cm³/mol. The first-order chi connectivity index (χ1) is 19.7. The molecule has 0 atom stereocenters. The molecule has 7 heteroatoms. The molecule has 0 spiro atoms. The van der Waals surface area contributed by atoms with Crippen LogP contribution in [0.4, 0.5) is 11.4 Å². The summed E-state index contributed by atoms with van der Waals surface area (Å²) >= 11 is 0. The van der Waals surface area contributed by atoms with Crippen LogP contribution in [-0.2, 0) is 28.9 Å². The van der Waals surface area contributed by atoms with Crippen LogP contribution in [0.2, 0.25) is 0 Å². The molecule has 0 aliphatic carbocycles. The van der Waals surface area contributed by atoms with Crippen LogP contribution < -0.4 is 15.2 Å². The number of anilines is 2. The highest BCUT2D eigenvalue weighted by Gasteiger charge is 2.53. The van der Waals surface area contributed by atoms with Crippen LogP contribution in [0.3, 0.4) is 0 Å². The van der Waals surface area contributed by atoms with E-state index in [-0.39, 0.29) is 5.91 Å². The van der Waals surface area contributed by atoms with Gasteiger partial charge in [0.05, 0.1) is 16.8 Å². The summed E-state index contributed by atoms with van der Waals surface area (Å²) in [7, 11) is -0.523. The van der Waals surface area contributed by atoms with Crippen molar-refractivity contribution in [1.82, 2.24) is 4.57 Å². The number of para-hydroxylation sites is 1. The Morgan fingerprint density at radius 2 is 1.46 bits per heavy atom. The minimum absolute atomic E-state index is 0.0671. The number of nitrogens with zero attached hydrogens (tertiary/aromatic N) is 2. The van der Waals surface area contributed by atoms with E-state index in [9.17, 15) is 4.79 Å². The summed E-state index contributed by atoms with van der Waals surface area (Å²) in [4.78, 5) is 16.3. The number of ether oxygens (including phenoxy) is 1. The maximum atomic E-state index is 14.5. The lowest BCUT2D eigenvalue weighted by Crippen LogP contribution is -2.41. The lowest BCUT2D eigenvalue weighted by Gasteiger charge is -2.32. The SMILES string of the molecule is CC1(C)OB(c2cc(C(=O)N(c3ccccc3)c3ccc(OCc4ccccc4)cc3)c3n2CCCC3)OC1(C)C. The van der Waals surface area contributed by atoms with Crippen molar-refractivity contribution in [3.8, 4) is 5.75 Å². The minimum Gasteiger partial charge on any atom is -0.489 e. The van der Waals surface area contributed by atoms with E-state index in [4.69, 9.17) is 14.0 Å². The minimum atomic E-state index is -0.523. The van der Waals surface area contributed by atoms with Gasteiger partial charge in [-0.05, 0) is 95.0 Å². The first kappa shape index (κ1) is 27.4. The van der Waals surface area contributed by atoms with Gasteiger partial charge in [0.2, 0.25) is 0 Å². The molecule has 41 heavy (non-hydrogen) atoms. The van der Waals surface area contributed by atoms with Crippen LogP contribution in [0.15, 0.2) is 91.0 Å². The number of benzene rings is 3. The molecule has 0 N–H and O–H groups in total. The Balaban J connectivity index is 1.33. The highest BCUT2D eigenvalue weighted by atomic mass is 16.7. The number of hydrogen-bond donors (Lipinski definition) is 0. The maximum Gasteiger partial charge on any atom is 0.512 e. The van der Waals surface area contributed by atoms with Gasteiger partial charge in [0.1, 0.15) is 12.4 Å². The molecule has 0 unspecified atom stereocenters. The first-order valence-electron chi connectivity index (χ1n) is 14.5. The second-order valence-corrected chi connectivity index (χ2v) is 11.9. The summed E-state index contributed by atoms with van der Waals surface area (Å²) in [5.41, 5.74) is 4.44. The lowest BCUT2D eigenvalue weighted by atomic mass is 9.84. The van der Waals surface area contributed by atoms with Crippen molar-refractivity contribution in [2.45, 2.75) is 71.3 Å². The number of amides is 1. The smallest absolute Gasteiger partial charge is 0.489 e. The van der Waals surface area contributed by atoms with Gasteiger partial charge in [-0.15, -0.1) is 0 Å². The van der Waals surface area contributed by atoms with E-state index in [0.29, 0.717) is 12.2 Å². The fourth-order valence-electron chi connectivity index (χ4n) is 5.56. The fraction of sp³-hybridized carbons (Fsp3) is 0.324. The molecule has 0 saturated carbocycles. The van der Waals surface area contributed by atoms with Gasteiger partial charge in [-0.1, -0.05) is 48.5 Å². The Bertz CT molecular complexity index is 1500. The molecule has 2 aliphatic heterocycles. The Morgan fingerprint density at radius 3 is 2.12 bits per heavy atom. The third kappa shape index (κ3) is 5.32. The molecule has 0 bridgehead atoms. The molecule has 2 aliphatic rings.